The van der Waals surface area contributed by atoms with Crippen molar-refractivity contribution in [1.82, 2.24) is 0 Å². The van der Waals surface area contributed by atoms with Gasteiger partial charge in [-0.05, 0) is 80.9 Å². The van der Waals surface area contributed by atoms with E-state index in [1.807, 2.05) is 60.7 Å². The van der Waals surface area contributed by atoms with E-state index in [-0.39, 0.29) is 0 Å². The van der Waals surface area contributed by atoms with E-state index in [0.29, 0.717) is 0 Å². The Balaban J connectivity index is 1.38. The van der Waals surface area contributed by atoms with Crippen LogP contribution in [0.1, 0.15) is 0 Å². The summed E-state index contributed by atoms with van der Waals surface area (Å²) in [6.07, 6.45) is 0. The van der Waals surface area contributed by atoms with Crippen molar-refractivity contribution in [2.75, 3.05) is 9.34 Å². The van der Waals surface area contributed by atoms with Crippen LogP contribution in [0.4, 0.5) is 22.7 Å². The lowest BCUT2D eigenvalue weighted by atomic mass is 9.87. The van der Waals surface area contributed by atoms with E-state index >= 15 is 4.57 Å². The zero-order chi connectivity index (χ0) is 38.9. The van der Waals surface area contributed by atoms with Crippen LogP contribution in [0, 0.1) is 0 Å². The lowest BCUT2D eigenvalue weighted by molar-refractivity contribution is 0.582. The lowest BCUT2D eigenvalue weighted by Crippen LogP contribution is -2.27. The number of fused-ring (bicyclic) bond motifs is 1. The Morgan fingerprint density at radius 1 is 0.293 bits per heavy atom. The van der Waals surface area contributed by atoms with Gasteiger partial charge in [-0.2, -0.15) is 0 Å². The smallest absolute Gasteiger partial charge is 0.269 e. The second kappa shape index (κ2) is 15.0. The molecule has 4 heteroatoms. The first-order valence-corrected chi connectivity index (χ1v) is 21.3. The highest BCUT2D eigenvalue weighted by atomic mass is 31.2. The molecule has 0 saturated carbocycles. The Kier molecular flexibility index (Phi) is 9.14. The maximum Gasteiger partial charge on any atom is 0.301 e. The maximum atomic E-state index is 17.8. The predicted molar refractivity (Wildman–Crippen MR) is 244 cm³/mol. The molecule has 0 aromatic heterocycles. The SMILES string of the molecule is O=P1(c2cc(-c3ccccc3)c(-c3ccccc3)c(-c3ccccc3)c2)N(c2ccccc2)c2c(-c3ccccc3)ccc(-c3ccccc3)c2N1c1ccccc1. The van der Waals surface area contributed by atoms with Crippen molar-refractivity contribution in [3.63, 3.8) is 0 Å². The molecule has 0 fully saturated rings. The molecule has 3 nitrogen and oxygen atoms in total. The molecule has 0 aliphatic carbocycles. The van der Waals surface area contributed by atoms with Gasteiger partial charge in [-0.15, -0.1) is 0 Å². The molecule has 0 atom stereocenters. The summed E-state index contributed by atoms with van der Waals surface area (Å²) >= 11 is 0. The first-order valence-electron chi connectivity index (χ1n) is 19.6. The summed E-state index contributed by atoms with van der Waals surface area (Å²) in [4.78, 5) is 0. The van der Waals surface area contributed by atoms with E-state index in [4.69, 9.17) is 0 Å². The van der Waals surface area contributed by atoms with Gasteiger partial charge in [0, 0.05) is 22.5 Å². The molecule has 0 saturated heterocycles. The van der Waals surface area contributed by atoms with Crippen LogP contribution in [-0.4, -0.2) is 0 Å². The average Bonchev–Trinajstić information content (AvgIpc) is 3.60. The van der Waals surface area contributed by atoms with Crippen LogP contribution in [0.15, 0.2) is 237 Å². The summed E-state index contributed by atoms with van der Waals surface area (Å²) < 4.78 is 22.1. The highest BCUT2D eigenvalue weighted by Gasteiger charge is 2.51. The van der Waals surface area contributed by atoms with Crippen LogP contribution in [0.25, 0.3) is 55.6 Å². The summed E-state index contributed by atoms with van der Waals surface area (Å²) in [6.45, 7) is 0. The third-order valence-corrected chi connectivity index (χ3v) is 13.9. The van der Waals surface area contributed by atoms with Crippen molar-refractivity contribution in [3.05, 3.63) is 237 Å². The summed E-state index contributed by atoms with van der Waals surface area (Å²) in [5.74, 6) is 0. The van der Waals surface area contributed by atoms with Crippen molar-refractivity contribution >= 4 is 35.5 Å². The van der Waals surface area contributed by atoms with Gasteiger partial charge in [0.1, 0.15) is 0 Å². The summed E-state index contributed by atoms with van der Waals surface area (Å²) in [5.41, 5.74) is 13.9. The number of para-hydroxylation sites is 2. The molecule has 0 bridgehead atoms. The van der Waals surface area contributed by atoms with Gasteiger partial charge in [0.05, 0.1) is 16.7 Å². The standard InChI is InChI=1S/C54H39N2OP/c57-58(47-38-50(42-26-12-3-13-27-42)52(44-30-16-5-17-31-44)51(39-47)43-28-14-4-15-29-43)55(45-32-18-6-19-33-45)53-48(40-22-8-1-9-23-40)36-37-49(41-24-10-2-11-25-41)54(53)56(58)46-34-20-7-21-35-46/h1-39H. The molecule has 0 radical (unpaired) electrons. The molecule has 9 aromatic rings. The molecule has 0 unspecified atom stereocenters. The van der Waals surface area contributed by atoms with Crippen LogP contribution in [0.2, 0.25) is 0 Å². The van der Waals surface area contributed by atoms with Gasteiger partial charge in [-0.3, -0.25) is 13.9 Å². The number of nitrogens with zero attached hydrogens (tertiary/aromatic N) is 2. The first kappa shape index (κ1) is 35.2. The van der Waals surface area contributed by atoms with Crippen LogP contribution >= 0.6 is 7.44 Å². The molecule has 0 N–H and O–H groups in total. The second-order valence-corrected chi connectivity index (χ2v) is 16.8. The highest BCUT2D eigenvalue weighted by molar-refractivity contribution is 7.76. The van der Waals surface area contributed by atoms with Crippen molar-refractivity contribution in [2.45, 2.75) is 0 Å². The van der Waals surface area contributed by atoms with Gasteiger partial charge in [-0.25, -0.2) is 0 Å². The molecule has 1 aliphatic rings. The monoisotopic (exact) mass is 762 g/mol. The van der Waals surface area contributed by atoms with E-state index in [0.717, 1.165) is 83.7 Å². The lowest BCUT2D eigenvalue weighted by Gasteiger charge is -2.34. The van der Waals surface area contributed by atoms with E-state index in [9.17, 15) is 0 Å². The third kappa shape index (κ3) is 6.05. The van der Waals surface area contributed by atoms with Gasteiger partial charge < -0.3 is 0 Å². The summed E-state index contributed by atoms with van der Waals surface area (Å²) in [6, 6.07) is 82.0. The van der Waals surface area contributed by atoms with Crippen molar-refractivity contribution in [1.29, 1.82) is 0 Å². The molecule has 276 valence electrons. The van der Waals surface area contributed by atoms with Crippen molar-refractivity contribution < 1.29 is 4.57 Å². The molecule has 9 aromatic carbocycles. The van der Waals surface area contributed by atoms with E-state index in [1.165, 1.54) is 0 Å². The Hall–Kier alpha value is -7.19. The minimum Gasteiger partial charge on any atom is -0.269 e. The summed E-state index contributed by atoms with van der Waals surface area (Å²) in [5, 5.41) is 0.729. The fourth-order valence-corrected chi connectivity index (χ4v) is 11.5. The Labute approximate surface area is 340 Å². The topological polar surface area (TPSA) is 23.6 Å². The Morgan fingerprint density at radius 3 is 0.897 bits per heavy atom. The normalized spacial score (nSPS) is 13.0. The van der Waals surface area contributed by atoms with Crippen LogP contribution < -0.4 is 14.6 Å². The van der Waals surface area contributed by atoms with E-state index < -0.39 is 7.44 Å². The molecular formula is C54H39N2OP. The summed E-state index contributed by atoms with van der Waals surface area (Å²) in [7, 11) is -3.90. The number of benzene rings is 9. The average molecular weight is 763 g/mol. The van der Waals surface area contributed by atoms with Gasteiger partial charge >= 0.3 is 7.44 Å². The largest absolute Gasteiger partial charge is 0.301 e. The Morgan fingerprint density at radius 2 is 0.569 bits per heavy atom. The van der Waals surface area contributed by atoms with Crippen LogP contribution in [0.3, 0.4) is 0 Å². The number of rotatable bonds is 8. The molecular weight excluding hydrogens is 724 g/mol. The van der Waals surface area contributed by atoms with E-state index in [2.05, 4.69) is 185 Å². The van der Waals surface area contributed by atoms with Crippen LogP contribution in [0.5, 0.6) is 0 Å². The number of anilines is 4. The van der Waals surface area contributed by atoms with Gasteiger partial charge in [0.25, 0.3) is 0 Å². The van der Waals surface area contributed by atoms with Crippen molar-refractivity contribution in [2.24, 2.45) is 0 Å². The zero-order valence-corrected chi connectivity index (χ0v) is 32.7. The molecule has 1 aliphatic heterocycles. The first-order chi connectivity index (χ1) is 28.7. The molecule has 0 spiro atoms. The van der Waals surface area contributed by atoms with Gasteiger partial charge in [-0.1, -0.05) is 200 Å². The second-order valence-electron chi connectivity index (χ2n) is 14.4. The minimum absolute atomic E-state index is 0.729. The van der Waals surface area contributed by atoms with E-state index in [1.54, 1.807) is 0 Å². The molecule has 1 heterocycles. The fourth-order valence-electron chi connectivity index (χ4n) is 8.41. The number of hydrogen-bond donors (Lipinski definition) is 0. The number of hydrogen-bond acceptors (Lipinski definition) is 1. The fraction of sp³-hybridized carbons (Fsp3) is 0. The van der Waals surface area contributed by atoms with Crippen molar-refractivity contribution in [3.8, 4) is 55.6 Å². The predicted octanol–water partition coefficient (Wildman–Crippen LogP) is 14.8. The highest BCUT2D eigenvalue weighted by Crippen LogP contribution is 2.73. The Bertz CT molecular complexity index is 2710. The zero-order valence-electron chi connectivity index (χ0n) is 31.8. The molecule has 58 heavy (non-hydrogen) atoms. The third-order valence-electron chi connectivity index (χ3n) is 11.0. The minimum atomic E-state index is -3.90. The molecule has 0 amide bonds. The molecule has 10 rings (SSSR count). The quantitative estimate of drug-likeness (QED) is 0.144. The van der Waals surface area contributed by atoms with Crippen LogP contribution in [-0.2, 0) is 4.57 Å². The van der Waals surface area contributed by atoms with Gasteiger partial charge in [0.2, 0.25) is 0 Å². The maximum absolute atomic E-state index is 17.8. The van der Waals surface area contributed by atoms with Gasteiger partial charge in [0.15, 0.2) is 0 Å².